The van der Waals surface area contributed by atoms with Gasteiger partial charge >= 0.3 is 0 Å². The summed E-state index contributed by atoms with van der Waals surface area (Å²) in [4.78, 5) is 15.2. The van der Waals surface area contributed by atoms with Gasteiger partial charge in [-0.1, -0.05) is 31.2 Å². The lowest BCUT2D eigenvalue weighted by Crippen LogP contribution is -2.15. The van der Waals surface area contributed by atoms with Crippen LogP contribution in [-0.2, 0) is 12.8 Å². The minimum atomic E-state index is -0.465. The number of pyridine rings is 1. The van der Waals surface area contributed by atoms with E-state index in [0.717, 1.165) is 25.1 Å². The van der Waals surface area contributed by atoms with E-state index < -0.39 is 5.91 Å². The molecule has 1 heterocycles. The van der Waals surface area contributed by atoms with Crippen molar-refractivity contribution in [3.63, 3.8) is 0 Å². The molecule has 0 aliphatic heterocycles. The fraction of sp³-hybridized carbons (Fsp3) is 0.250. The van der Waals surface area contributed by atoms with Crippen molar-refractivity contribution >= 4 is 11.6 Å². The number of nitrogens with two attached hydrogens (primary N) is 1. The maximum Gasteiger partial charge on any atom is 0.252 e. The smallest absolute Gasteiger partial charge is 0.252 e. The zero-order chi connectivity index (χ0) is 14.4. The van der Waals surface area contributed by atoms with Crippen LogP contribution in [0.1, 0.15) is 28.4 Å². The topological polar surface area (TPSA) is 68.0 Å². The molecule has 2 aromatic rings. The lowest BCUT2D eigenvalue weighted by Gasteiger charge is -2.09. The fourth-order valence-corrected chi connectivity index (χ4v) is 2.03. The lowest BCUT2D eigenvalue weighted by atomic mass is 10.1. The van der Waals surface area contributed by atoms with Crippen LogP contribution in [0, 0.1) is 0 Å². The number of hydrogen-bond acceptors (Lipinski definition) is 3. The second-order valence-corrected chi connectivity index (χ2v) is 4.63. The van der Waals surface area contributed by atoms with Gasteiger partial charge in [0.15, 0.2) is 0 Å². The Morgan fingerprint density at radius 3 is 2.55 bits per heavy atom. The van der Waals surface area contributed by atoms with Crippen molar-refractivity contribution in [2.45, 2.75) is 19.8 Å². The number of benzene rings is 1. The van der Waals surface area contributed by atoms with Gasteiger partial charge in [0.25, 0.3) is 5.91 Å². The highest BCUT2D eigenvalue weighted by Crippen LogP contribution is 2.13. The number of nitrogens with zero attached hydrogens (tertiary/aromatic N) is 1. The Kier molecular flexibility index (Phi) is 4.71. The van der Waals surface area contributed by atoms with Crippen molar-refractivity contribution < 1.29 is 4.79 Å². The predicted octanol–water partition coefficient (Wildman–Crippen LogP) is 2.40. The molecular weight excluding hydrogens is 250 g/mol. The summed E-state index contributed by atoms with van der Waals surface area (Å²) in [6, 6.07) is 10.3. The number of nitrogens with one attached hydrogen (secondary N) is 1. The van der Waals surface area contributed by atoms with E-state index in [-0.39, 0.29) is 0 Å². The minimum Gasteiger partial charge on any atom is -0.384 e. The molecule has 0 aliphatic rings. The van der Waals surface area contributed by atoms with Crippen LogP contribution >= 0.6 is 0 Å². The van der Waals surface area contributed by atoms with E-state index in [9.17, 15) is 4.79 Å². The lowest BCUT2D eigenvalue weighted by molar-refractivity contribution is 0.100. The number of aromatic nitrogens is 1. The Bertz CT molecular complexity index is 579. The van der Waals surface area contributed by atoms with Crippen LogP contribution in [0.25, 0.3) is 0 Å². The van der Waals surface area contributed by atoms with Gasteiger partial charge in [-0.05, 0) is 30.0 Å². The third-order valence-electron chi connectivity index (χ3n) is 3.25. The quantitative estimate of drug-likeness (QED) is 0.846. The Morgan fingerprint density at radius 1 is 1.20 bits per heavy atom. The average Bonchev–Trinajstić information content (AvgIpc) is 2.48. The number of anilines is 1. The Morgan fingerprint density at radius 2 is 1.90 bits per heavy atom. The summed E-state index contributed by atoms with van der Waals surface area (Å²) >= 11 is 0. The second-order valence-electron chi connectivity index (χ2n) is 4.63. The van der Waals surface area contributed by atoms with Gasteiger partial charge in [0, 0.05) is 18.9 Å². The highest BCUT2D eigenvalue weighted by Gasteiger charge is 2.06. The van der Waals surface area contributed by atoms with Crippen LogP contribution in [0.4, 0.5) is 5.69 Å². The first kappa shape index (κ1) is 14.1. The molecule has 1 aromatic heterocycles. The molecular formula is C16H19N3O. The molecule has 0 unspecified atom stereocenters. The summed E-state index contributed by atoms with van der Waals surface area (Å²) < 4.78 is 0. The Labute approximate surface area is 119 Å². The first-order valence-electron chi connectivity index (χ1n) is 6.76. The number of primary amides is 1. The second kappa shape index (κ2) is 6.70. The third kappa shape index (κ3) is 3.57. The molecule has 0 radical (unpaired) electrons. The predicted molar refractivity (Wildman–Crippen MR) is 80.8 cm³/mol. The molecule has 0 fully saturated rings. The number of carbonyl (C=O) groups is 1. The monoisotopic (exact) mass is 269 g/mol. The molecule has 20 heavy (non-hydrogen) atoms. The van der Waals surface area contributed by atoms with E-state index in [1.165, 1.54) is 17.3 Å². The first-order valence-corrected chi connectivity index (χ1v) is 6.76. The standard InChI is InChI=1S/C16H19N3O/c1-2-12-3-5-13(6-4-12)7-10-19-15-8-9-18-11-14(15)16(17)20/h3-6,8-9,11H,2,7,10H2,1H3,(H2,17,20)(H,18,19). The van der Waals surface area contributed by atoms with Crippen LogP contribution in [-0.4, -0.2) is 17.4 Å². The largest absolute Gasteiger partial charge is 0.384 e. The van der Waals surface area contributed by atoms with Gasteiger partial charge in [-0.25, -0.2) is 0 Å². The van der Waals surface area contributed by atoms with Crippen molar-refractivity contribution in [3.05, 3.63) is 59.4 Å². The average molecular weight is 269 g/mol. The summed E-state index contributed by atoms with van der Waals surface area (Å²) in [5.74, 6) is -0.465. The van der Waals surface area contributed by atoms with E-state index in [1.807, 2.05) is 0 Å². The number of hydrogen-bond donors (Lipinski definition) is 2. The number of aryl methyl sites for hydroxylation is 1. The Balaban J connectivity index is 1.94. The molecule has 2 rings (SSSR count). The molecule has 0 spiro atoms. The molecule has 0 bridgehead atoms. The van der Waals surface area contributed by atoms with Crippen molar-refractivity contribution in [3.8, 4) is 0 Å². The molecule has 4 heteroatoms. The summed E-state index contributed by atoms with van der Waals surface area (Å²) in [7, 11) is 0. The molecule has 1 amide bonds. The summed E-state index contributed by atoms with van der Waals surface area (Å²) in [6.45, 7) is 2.89. The van der Waals surface area contributed by atoms with Gasteiger partial charge in [-0.3, -0.25) is 9.78 Å². The van der Waals surface area contributed by atoms with Gasteiger partial charge in [-0.15, -0.1) is 0 Å². The summed E-state index contributed by atoms with van der Waals surface area (Å²) in [5, 5.41) is 3.23. The number of amides is 1. The SMILES string of the molecule is CCc1ccc(CCNc2ccncc2C(N)=O)cc1. The van der Waals surface area contributed by atoms with Gasteiger partial charge in [0.1, 0.15) is 0 Å². The molecule has 4 nitrogen and oxygen atoms in total. The highest BCUT2D eigenvalue weighted by atomic mass is 16.1. The molecule has 0 saturated carbocycles. The molecule has 104 valence electrons. The normalized spacial score (nSPS) is 10.2. The van der Waals surface area contributed by atoms with E-state index >= 15 is 0 Å². The van der Waals surface area contributed by atoms with Crippen LogP contribution < -0.4 is 11.1 Å². The van der Waals surface area contributed by atoms with E-state index in [1.54, 1.807) is 12.3 Å². The van der Waals surface area contributed by atoms with Gasteiger partial charge in [-0.2, -0.15) is 0 Å². The number of carbonyl (C=O) groups excluding carboxylic acids is 1. The minimum absolute atomic E-state index is 0.425. The maximum absolute atomic E-state index is 11.3. The fourth-order valence-electron chi connectivity index (χ4n) is 2.03. The summed E-state index contributed by atoms with van der Waals surface area (Å²) in [6.07, 6.45) is 5.08. The van der Waals surface area contributed by atoms with Gasteiger partial charge in [0.05, 0.1) is 11.3 Å². The molecule has 3 N–H and O–H groups in total. The van der Waals surface area contributed by atoms with Crippen molar-refractivity contribution in [2.75, 3.05) is 11.9 Å². The van der Waals surface area contributed by atoms with E-state index in [2.05, 4.69) is 41.5 Å². The van der Waals surface area contributed by atoms with Crippen LogP contribution in [0.2, 0.25) is 0 Å². The van der Waals surface area contributed by atoms with Crippen molar-refractivity contribution in [2.24, 2.45) is 5.73 Å². The zero-order valence-electron chi connectivity index (χ0n) is 11.6. The molecule has 0 aliphatic carbocycles. The van der Waals surface area contributed by atoms with Crippen molar-refractivity contribution in [1.82, 2.24) is 4.98 Å². The van der Waals surface area contributed by atoms with Gasteiger partial charge < -0.3 is 11.1 Å². The van der Waals surface area contributed by atoms with Gasteiger partial charge in [0.2, 0.25) is 0 Å². The van der Waals surface area contributed by atoms with Crippen LogP contribution in [0.3, 0.4) is 0 Å². The molecule has 1 aromatic carbocycles. The number of rotatable bonds is 6. The Hall–Kier alpha value is -2.36. The van der Waals surface area contributed by atoms with Crippen LogP contribution in [0.15, 0.2) is 42.7 Å². The van der Waals surface area contributed by atoms with Crippen molar-refractivity contribution in [1.29, 1.82) is 0 Å². The highest BCUT2D eigenvalue weighted by molar-refractivity contribution is 5.98. The summed E-state index contributed by atoms with van der Waals surface area (Å²) in [5.41, 5.74) is 9.08. The van der Waals surface area contributed by atoms with E-state index in [4.69, 9.17) is 5.73 Å². The molecule has 0 saturated heterocycles. The third-order valence-corrected chi connectivity index (χ3v) is 3.25. The zero-order valence-corrected chi connectivity index (χ0v) is 11.6. The maximum atomic E-state index is 11.3. The molecule has 0 atom stereocenters. The first-order chi connectivity index (χ1) is 9.70. The van der Waals surface area contributed by atoms with Crippen LogP contribution in [0.5, 0.6) is 0 Å². The van der Waals surface area contributed by atoms with E-state index in [0.29, 0.717) is 5.56 Å².